The predicted molar refractivity (Wildman–Crippen MR) is 145 cm³/mol. The number of nitrogens with one attached hydrogen (secondary N) is 2. The van der Waals surface area contributed by atoms with E-state index in [1.165, 1.54) is 12.8 Å². The van der Waals surface area contributed by atoms with Gasteiger partial charge in [0.05, 0.1) is 17.1 Å². The largest absolute Gasteiger partial charge is 0.371 e. The molecule has 38 heavy (non-hydrogen) atoms. The highest BCUT2D eigenvalue weighted by Gasteiger charge is 2.71. The van der Waals surface area contributed by atoms with Crippen LogP contribution in [-0.4, -0.2) is 68.8 Å². The van der Waals surface area contributed by atoms with E-state index < -0.39 is 6.43 Å². The van der Waals surface area contributed by atoms with E-state index >= 15 is 0 Å². The third kappa shape index (κ3) is 3.71. The first-order valence-electron chi connectivity index (χ1n) is 13.7. The second-order valence-corrected chi connectivity index (χ2v) is 11.6. The Hall–Kier alpha value is -3.14. The van der Waals surface area contributed by atoms with Gasteiger partial charge < -0.3 is 10.6 Å². The normalized spacial score (nSPS) is 29.5. The molecule has 2 aliphatic carbocycles. The van der Waals surface area contributed by atoms with E-state index in [0.29, 0.717) is 42.2 Å². The van der Waals surface area contributed by atoms with Gasteiger partial charge in [-0.25, -0.2) is 13.3 Å². The zero-order chi connectivity index (χ0) is 26.2. The number of hydrogen-bond acceptors (Lipinski definition) is 7. The van der Waals surface area contributed by atoms with Crippen LogP contribution in [0.15, 0.2) is 29.4 Å². The molecule has 2 N–H and O–H groups in total. The molecule has 3 fully saturated rings. The summed E-state index contributed by atoms with van der Waals surface area (Å²) >= 11 is 0. The van der Waals surface area contributed by atoms with Crippen LogP contribution in [0.4, 0.5) is 26.2 Å². The molecule has 200 valence electrons. The maximum Gasteiger partial charge on any atom is 0.243 e. The highest BCUT2D eigenvalue weighted by atomic mass is 19.3. The Morgan fingerprint density at radius 1 is 1.18 bits per heavy atom. The standard InChI is InChI=1S/C28H34F2N8/c1-15-16(5-4-6-23(29)30)11-22-21(32-15)8-7-20(33-22)18-9-10-38-25(18)26(31-2)35-27(36-38)34-24-17-12-28(13-19(24)28)37(3)14-17/h7-10,16-17,19,23-24H,4-6,11-14H2,1-3H3,(H2,31,34,35,36). The van der Waals surface area contributed by atoms with Gasteiger partial charge >= 0.3 is 0 Å². The molecular formula is C28H34F2N8. The Kier molecular flexibility index (Phi) is 5.48. The fraction of sp³-hybridized carbons (Fsp3) is 0.571. The molecule has 0 aromatic carbocycles. The van der Waals surface area contributed by atoms with Crippen LogP contribution in [0.2, 0.25) is 0 Å². The van der Waals surface area contributed by atoms with Crippen molar-refractivity contribution in [1.29, 1.82) is 0 Å². The molecule has 3 aromatic heterocycles. The Bertz CT molecular complexity index is 1430. The summed E-state index contributed by atoms with van der Waals surface area (Å²) in [4.78, 5) is 17.2. The Morgan fingerprint density at radius 3 is 2.82 bits per heavy atom. The molecule has 5 atom stereocenters. The molecule has 10 heteroatoms. The summed E-state index contributed by atoms with van der Waals surface area (Å²) in [6.07, 6.45) is 4.11. The number of pyridine rings is 1. The van der Waals surface area contributed by atoms with Crippen molar-refractivity contribution >= 4 is 28.7 Å². The van der Waals surface area contributed by atoms with Crippen molar-refractivity contribution in [2.24, 2.45) is 22.7 Å². The monoisotopic (exact) mass is 520 g/mol. The van der Waals surface area contributed by atoms with Crippen molar-refractivity contribution in [2.45, 2.75) is 63.5 Å². The second-order valence-electron chi connectivity index (χ2n) is 11.6. The van der Waals surface area contributed by atoms with E-state index in [1.54, 1.807) is 0 Å². The van der Waals surface area contributed by atoms with Crippen LogP contribution in [0.3, 0.4) is 0 Å². The van der Waals surface area contributed by atoms with Crippen LogP contribution in [-0.2, 0) is 6.42 Å². The van der Waals surface area contributed by atoms with Crippen molar-refractivity contribution in [3.05, 3.63) is 30.1 Å². The molecule has 0 radical (unpaired) electrons. The number of alkyl halides is 2. The zero-order valence-corrected chi connectivity index (χ0v) is 22.1. The molecule has 1 spiro atoms. The van der Waals surface area contributed by atoms with Crippen molar-refractivity contribution < 1.29 is 8.78 Å². The van der Waals surface area contributed by atoms with Crippen LogP contribution >= 0.6 is 0 Å². The number of halogens is 2. The summed E-state index contributed by atoms with van der Waals surface area (Å²) in [6, 6.07) is 6.46. The third-order valence-electron chi connectivity index (χ3n) is 9.50. The number of aliphatic imine (C=N–C) groups is 1. The van der Waals surface area contributed by atoms with E-state index in [4.69, 9.17) is 20.1 Å². The van der Waals surface area contributed by atoms with Crippen LogP contribution in [0.1, 0.15) is 44.7 Å². The Morgan fingerprint density at radius 2 is 2.05 bits per heavy atom. The first-order chi connectivity index (χ1) is 18.4. The minimum absolute atomic E-state index is 0.0650. The van der Waals surface area contributed by atoms with Gasteiger partial charge in [-0.2, -0.15) is 4.98 Å². The van der Waals surface area contributed by atoms with Crippen LogP contribution in [0.25, 0.3) is 16.8 Å². The van der Waals surface area contributed by atoms with Gasteiger partial charge in [0.25, 0.3) is 0 Å². The Balaban J connectivity index is 1.15. The average Bonchev–Trinajstić information content (AvgIpc) is 3.17. The highest BCUT2D eigenvalue weighted by Crippen LogP contribution is 2.66. The SMILES string of the molecule is CNc1nc(NC2C3CN(C)C4(C3)CC24)nn2ccc(-c3ccc4c(n3)CC(CCCC(F)F)C(C)=N4)c12. The lowest BCUT2D eigenvalue weighted by molar-refractivity contribution is 0.133. The molecule has 4 aliphatic rings. The first kappa shape index (κ1) is 23.9. The number of aromatic nitrogens is 4. The molecule has 2 saturated carbocycles. The van der Waals surface area contributed by atoms with E-state index in [1.807, 2.05) is 42.9 Å². The molecule has 0 amide bonds. The minimum Gasteiger partial charge on any atom is -0.371 e. The summed E-state index contributed by atoms with van der Waals surface area (Å²) < 4.78 is 27.2. The van der Waals surface area contributed by atoms with Gasteiger partial charge in [-0.3, -0.25) is 14.9 Å². The van der Waals surface area contributed by atoms with E-state index in [-0.39, 0.29) is 12.3 Å². The maximum atomic E-state index is 12.7. The maximum absolute atomic E-state index is 12.7. The zero-order valence-electron chi connectivity index (χ0n) is 22.1. The number of likely N-dealkylation sites (tertiary alicyclic amines) is 1. The molecule has 2 aliphatic heterocycles. The lowest BCUT2D eigenvalue weighted by Crippen LogP contribution is -2.40. The first-order valence-corrected chi connectivity index (χ1v) is 13.7. The van der Waals surface area contributed by atoms with Gasteiger partial charge in [0.1, 0.15) is 5.52 Å². The smallest absolute Gasteiger partial charge is 0.243 e. The van der Waals surface area contributed by atoms with Crippen LogP contribution < -0.4 is 10.6 Å². The topological polar surface area (TPSA) is 82.7 Å². The van der Waals surface area contributed by atoms with Crippen molar-refractivity contribution in [3.63, 3.8) is 0 Å². The lowest BCUT2D eigenvalue weighted by atomic mass is 9.89. The van der Waals surface area contributed by atoms with Crippen LogP contribution in [0, 0.1) is 17.8 Å². The number of piperidine rings is 1. The second kappa shape index (κ2) is 8.69. The predicted octanol–water partition coefficient (Wildman–Crippen LogP) is 5.04. The molecule has 1 saturated heterocycles. The molecule has 2 bridgehead atoms. The van der Waals surface area contributed by atoms with Crippen molar-refractivity contribution in [2.75, 3.05) is 31.3 Å². The summed E-state index contributed by atoms with van der Waals surface area (Å²) in [5.41, 5.74) is 5.87. The number of rotatable bonds is 8. The van der Waals surface area contributed by atoms with Crippen LogP contribution in [0.5, 0.6) is 0 Å². The Labute approximate surface area is 221 Å². The van der Waals surface area contributed by atoms with Gasteiger partial charge in [0.2, 0.25) is 12.4 Å². The van der Waals surface area contributed by atoms with Gasteiger partial charge in [0, 0.05) is 55.0 Å². The summed E-state index contributed by atoms with van der Waals surface area (Å²) in [5.74, 6) is 2.90. The fourth-order valence-electron chi connectivity index (χ4n) is 7.46. The number of nitrogens with zero attached hydrogens (tertiary/aromatic N) is 6. The number of fused-ring (bicyclic) bond motifs is 3. The molecule has 8 nitrogen and oxygen atoms in total. The summed E-state index contributed by atoms with van der Waals surface area (Å²) in [6.45, 7) is 3.13. The highest BCUT2D eigenvalue weighted by molar-refractivity contribution is 5.90. The number of hydrogen-bond donors (Lipinski definition) is 2. The van der Waals surface area contributed by atoms with E-state index in [9.17, 15) is 8.78 Å². The van der Waals surface area contributed by atoms with E-state index in [2.05, 4.69) is 22.6 Å². The molecule has 5 heterocycles. The van der Waals surface area contributed by atoms with Gasteiger partial charge in [-0.1, -0.05) is 0 Å². The fourth-order valence-corrected chi connectivity index (χ4v) is 7.46. The van der Waals surface area contributed by atoms with Crippen molar-refractivity contribution in [3.8, 4) is 11.3 Å². The minimum atomic E-state index is -2.25. The molecule has 3 aromatic rings. The molecule has 7 rings (SSSR count). The summed E-state index contributed by atoms with van der Waals surface area (Å²) in [7, 11) is 4.14. The van der Waals surface area contributed by atoms with Gasteiger partial charge in [-0.15, -0.1) is 5.10 Å². The quantitative estimate of drug-likeness (QED) is 0.433. The molecule has 5 unspecified atom stereocenters. The third-order valence-corrected chi connectivity index (χ3v) is 9.50. The van der Waals surface area contributed by atoms with Crippen molar-refractivity contribution in [1.82, 2.24) is 24.5 Å². The van der Waals surface area contributed by atoms with Gasteiger partial charge in [0.15, 0.2) is 5.82 Å². The average molecular weight is 521 g/mol. The van der Waals surface area contributed by atoms with E-state index in [0.717, 1.165) is 52.7 Å². The molecular weight excluding hydrogens is 486 g/mol. The summed E-state index contributed by atoms with van der Waals surface area (Å²) in [5, 5.41) is 11.8. The number of anilines is 2. The lowest BCUT2D eigenvalue weighted by Gasteiger charge is -2.28. The van der Waals surface area contributed by atoms with Gasteiger partial charge in [-0.05, 0) is 76.1 Å².